The van der Waals surface area contributed by atoms with Crippen molar-refractivity contribution in [2.45, 2.75) is 18.9 Å². The van der Waals surface area contributed by atoms with Crippen LogP contribution in [0.4, 0.5) is 4.39 Å². The van der Waals surface area contributed by atoms with Gasteiger partial charge in [-0.3, -0.25) is 0 Å². The number of hydrogen-bond acceptors (Lipinski definition) is 2. The molecule has 0 amide bonds. The van der Waals surface area contributed by atoms with Gasteiger partial charge in [-0.15, -0.1) is 0 Å². The Kier molecular flexibility index (Phi) is 3.34. The highest BCUT2D eigenvalue weighted by Crippen LogP contribution is 2.20. The monoisotopic (exact) mass is 209 g/mol. The summed E-state index contributed by atoms with van der Waals surface area (Å²) in [5, 5.41) is 12.9. The number of aliphatic hydroxyl groups is 1. The lowest BCUT2D eigenvalue weighted by Crippen LogP contribution is -2.41. The number of halogens is 1. The topological polar surface area (TPSA) is 32.3 Å². The predicted octanol–water partition coefficient (Wildman–Crippen LogP) is 1.34. The van der Waals surface area contributed by atoms with Gasteiger partial charge in [0.1, 0.15) is 5.82 Å². The third-order valence-electron chi connectivity index (χ3n) is 3.03. The highest BCUT2D eigenvalue weighted by molar-refractivity contribution is 5.18. The number of piperidine rings is 1. The van der Waals surface area contributed by atoms with E-state index in [1.165, 1.54) is 6.07 Å². The fraction of sp³-hybridized carbons (Fsp3) is 0.500. The lowest BCUT2D eigenvalue weighted by molar-refractivity contribution is 0.0816. The fourth-order valence-electron chi connectivity index (χ4n) is 2.08. The van der Waals surface area contributed by atoms with Gasteiger partial charge in [0.05, 0.1) is 6.10 Å². The molecule has 3 heteroatoms. The number of aliphatic hydroxyl groups excluding tert-OH is 1. The predicted molar refractivity (Wildman–Crippen MR) is 57.1 cm³/mol. The van der Waals surface area contributed by atoms with Gasteiger partial charge in [0.2, 0.25) is 0 Å². The second kappa shape index (κ2) is 4.73. The first-order chi connectivity index (χ1) is 7.27. The largest absolute Gasteiger partial charge is 0.392 e. The number of benzene rings is 1. The Labute approximate surface area is 89.1 Å². The highest BCUT2D eigenvalue weighted by Gasteiger charge is 2.23. The van der Waals surface area contributed by atoms with Gasteiger partial charge >= 0.3 is 0 Å². The summed E-state index contributed by atoms with van der Waals surface area (Å²) in [6.07, 6.45) is 1.20. The molecule has 1 fully saturated rings. The molecule has 2 nitrogen and oxygen atoms in total. The molecule has 1 saturated heterocycles. The Balaban J connectivity index is 2.04. The molecule has 0 aromatic heterocycles. The molecule has 15 heavy (non-hydrogen) atoms. The fourth-order valence-corrected chi connectivity index (χ4v) is 2.08. The average Bonchev–Trinajstić information content (AvgIpc) is 2.24. The SMILES string of the molecule is O[C@H]1CNCC[C@@H]1Cc1ccccc1F. The van der Waals surface area contributed by atoms with Gasteiger partial charge in [-0.1, -0.05) is 18.2 Å². The third-order valence-corrected chi connectivity index (χ3v) is 3.03. The van der Waals surface area contributed by atoms with Gasteiger partial charge in [-0.25, -0.2) is 4.39 Å². The van der Waals surface area contributed by atoms with Crippen LogP contribution < -0.4 is 5.32 Å². The molecule has 1 aliphatic rings. The Bertz CT molecular complexity index is 329. The summed E-state index contributed by atoms with van der Waals surface area (Å²) in [5.74, 6) is 0.0198. The van der Waals surface area contributed by atoms with Crippen LogP contribution in [0.3, 0.4) is 0 Å². The van der Waals surface area contributed by atoms with Crippen LogP contribution in [0.2, 0.25) is 0 Å². The Morgan fingerprint density at radius 1 is 1.40 bits per heavy atom. The van der Waals surface area contributed by atoms with Crippen molar-refractivity contribution in [2.75, 3.05) is 13.1 Å². The molecule has 2 N–H and O–H groups in total. The first-order valence-electron chi connectivity index (χ1n) is 5.39. The van der Waals surface area contributed by atoms with Crippen molar-refractivity contribution in [3.05, 3.63) is 35.6 Å². The summed E-state index contributed by atoms with van der Waals surface area (Å²) in [6.45, 7) is 1.54. The summed E-state index contributed by atoms with van der Waals surface area (Å²) in [7, 11) is 0. The van der Waals surface area contributed by atoms with Gasteiger partial charge in [0.25, 0.3) is 0 Å². The molecule has 1 aromatic carbocycles. The minimum absolute atomic E-state index is 0.164. The zero-order valence-electron chi connectivity index (χ0n) is 8.62. The minimum atomic E-state index is -0.349. The number of hydrogen-bond donors (Lipinski definition) is 2. The van der Waals surface area contributed by atoms with Gasteiger partial charge in [0, 0.05) is 6.54 Å². The quantitative estimate of drug-likeness (QED) is 0.770. The van der Waals surface area contributed by atoms with E-state index in [-0.39, 0.29) is 17.8 Å². The van der Waals surface area contributed by atoms with Crippen LogP contribution in [0.1, 0.15) is 12.0 Å². The van der Waals surface area contributed by atoms with Crippen molar-refractivity contribution >= 4 is 0 Å². The summed E-state index contributed by atoms with van der Waals surface area (Å²) in [6, 6.07) is 6.80. The normalized spacial score (nSPS) is 26.5. The highest BCUT2D eigenvalue weighted by atomic mass is 19.1. The van der Waals surface area contributed by atoms with E-state index in [1.54, 1.807) is 12.1 Å². The Morgan fingerprint density at radius 2 is 2.20 bits per heavy atom. The first-order valence-corrected chi connectivity index (χ1v) is 5.39. The van der Waals surface area contributed by atoms with E-state index in [9.17, 15) is 9.50 Å². The van der Waals surface area contributed by atoms with Crippen molar-refractivity contribution in [3.8, 4) is 0 Å². The maximum absolute atomic E-state index is 13.4. The summed E-state index contributed by atoms with van der Waals surface area (Å²) < 4.78 is 13.4. The van der Waals surface area contributed by atoms with E-state index in [4.69, 9.17) is 0 Å². The van der Waals surface area contributed by atoms with E-state index < -0.39 is 0 Å². The standard InChI is InChI=1S/C12H16FNO/c13-11-4-2-1-3-9(11)7-10-5-6-14-8-12(10)15/h1-4,10,12,14-15H,5-8H2/t10-,12+/m1/s1. The smallest absolute Gasteiger partial charge is 0.126 e. The van der Waals surface area contributed by atoms with Gasteiger partial charge in [0.15, 0.2) is 0 Å². The van der Waals surface area contributed by atoms with Crippen molar-refractivity contribution in [1.82, 2.24) is 5.32 Å². The van der Waals surface area contributed by atoms with E-state index in [1.807, 2.05) is 6.07 Å². The maximum atomic E-state index is 13.4. The maximum Gasteiger partial charge on any atom is 0.126 e. The number of rotatable bonds is 2. The van der Waals surface area contributed by atoms with Crippen molar-refractivity contribution < 1.29 is 9.50 Å². The van der Waals surface area contributed by atoms with Gasteiger partial charge < -0.3 is 10.4 Å². The molecule has 82 valence electrons. The molecular formula is C12H16FNO. The molecule has 1 aliphatic heterocycles. The zero-order chi connectivity index (χ0) is 10.7. The number of β-amino-alcohol motifs (C(OH)–C–C–N with tert-alkyl or cyclic N) is 1. The molecular weight excluding hydrogens is 193 g/mol. The Hall–Kier alpha value is -0.930. The van der Waals surface area contributed by atoms with E-state index in [0.29, 0.717) is 18.5 Å². The molecule has 0 spiro atoms. The molecule has 0 bridgehead atoms. The third kappa shape index (κ3) is 2.55. The zero-order valence-corrected chi connectivity index (χ0v) is 8.62. The van der Waals surface area contributed by atoms with Crippen LogP contribution in [-0.2, 0) is 6.42 Å². The summed E-state index contributed by atoms with van der Waals surface area (Å²) in [5.41, 5.74) is 0.712. The molecule has 2 atom stereocenters. The van der Waals surface area contributed by atoms with Crippen LogP contribution >= 0.6 is 0 Å². The van der Waals surface area contributed by atoms with Crippen LogP contribution in [-0.4, -0.2) is 24.3 Å². The lowest BCUT2D eigenvalue weighted by Gasteiger charge is -2.28. The van der Waals surface area contributed by atoms with Gasteiger partial charge in [-0.2, -0.15) is 0 Å². The van der Waals surface area contributed by atoms with E-state index in [2.05, 4.69) is 5.32 Å². The van der Waals surface area contributed by atoms with Crippen LogP contribution in [0, 0.1) is 11.7 Å². The first kappa shape index (κ1) is 10.6. The minimum Gasteiger partial charge on any atom is -0.392 e. The van der Waals surface area contributed by atoms with Crippen LogP contribution in [0.5, 0.6) is 0 Å². The summed E-state index contributed by atoms with van der Waals surface area (Å²) in [4.78, 5) is 0. The molecule has 0 unspecified atom stereocenters. The number of nitrogens with one attached hydrogen (secondary N) is 1. The molecule has 0 saturated carbocycles. The molecule has 1 heterocycles. The second-order valence-corrected chi connectivity index (χ2v) is 4.12. The Morgan fingerprint density at radius 3 is 2.93 bits per heavy atom. The molecule has 2 rings (SSSR count). The van der Waals surface area contributed by atoms with Gasteiger partial charge in [-0.05, 0) is 36.9 Å². The molecule has 0 aliphatic carbocycles. The second-order valence-electron chi connectivity index (χ2n) is 4.12. The van der Waals surface area contributed by atoms with Crippen molar-refractivity contribution in [2.24, 2.45) is 5.92 Å². The van der Waals surface area contributed by atoms with Crippen molar-refractivity contribution in [1.29, 1.82) is 0 Å². The van der Waals surface area contributed by atoms with Crippen LogP contribution in [0.15, 0.2) is 24.3 Å². The molecule has 0 radical (unpaired) electrons. The lowest BCUT2D eigenvalue weighted by atomic mass is 9.88. The van der Waals surface area contributed by atoms with E-state index in [0.717, 1.165) is 13.0 Å². The molecule has 1 aromatic rings. The summed E-state index contributed by atoms with van der Waals surface area (Å²) >= 11 is 0. The van der Waals surface area contributed by atoms with E-state index >= 15 is 0 Å². The van der Waals surface area contributed by atoms with Crippen molar-refractivity contribution in [3.63, 3.8) is 0 Å². The average molecular weight is 209 g/mol. The van der Waals surface area contributed by atoms with Crippen LogP contribution in [0.25, 0.3) is 0 Å².